The quantitative estimate of drug-likeness (QED) is 0.859. The van der Waals surface area contributed by atoms with Gasteiger partial charge in [0.05, 0.1) is 22.6 Å². The number of aromatic carboxylic acids is 1. The average molecular weight is 355 g/mol. The van der Waals surface area contributed by atoms with Gasteiger partial charge in [-0.3, -0.25) is 9.40 Å². The summed E-state index contributed by atoms with van der Waals surface area (Å²) in [7, 11) is -4.20. The molecule has 0 saturated heterocycles. The maximum atomic E-state index is 14.0. The summed E-state index contributed by atoms with van der Waals surface area (Å²) in [6.45, 7) is 6.82. The molecule has 0 aliphatic rings. The highest BCUT2D eigenvalue weighted by atomic mass is 32.2. The van der Waals surface area contributed by atoms with Gasteiger partial charge in [0.25, 0.3) is 10.0 Å². The van der Waals surface area contributed by atoms with Gasteiger partial charge in [-0.25, -0.2) is 17.6 Å². The van der Waals surface area contributed by atoms with Crippen LogP contribution in [0.2, 0.25) is 0 Å². The van der Waals surface area contributed by atoms with Crippen LogP contribution in [-0.4, -0.2) is 29.3 Å². The fourth-order valence-electron chi connectivity index (χ4n) is 2.53. The van der Waals surface area contributed by atoms with Crippen molar-refractivity contribution in [1.82, 2.24) is 9.78 Å². The van der Waals surface area contributed by atoms with E-state index >= 15 is 0 Å². The molecule has 1 aromatic carbocycles. The van der Waals surface area contributed by atoms with Crippen LogP contribution >= 0.6 is 0 Å². The number of sulfonamides is 1. The third-order valence-corrected chi connectivity index (χ3v) is 5.10. The number of hydrogen-bond donors (Lipinski definition) is 2. The Morgan fingerprint density at radius 1 is 1.33 bits per heavy atom. The molecular weight excluding hydrogens is 337 g/mol. The molecule has 9 heteroatoms. The second-order valence-corrected chi connectivity index (χ2v) is 7.23. The summed E-state index contributed by atoms with van der Waals surface area (Å²) in [5.74, 6) is -2.40. The van der Waals surface area contributed by atoms with E-state index in [4.69, 9.17) is 5.11 Å². The Kier molecular flexibility index (Phi) is 4.66. The fraction of sp³-hybridized carbons (Fsp3) is 0.333. The smallest absolute Gasteiger partial charge is 0.337 e. The Morgan fingerprint density at radius 2 is 1.96 bits per heavy atom. The van der Waals surface area contributed by atoms with E-state index in [9.17, 15) is 17.6 Å². The summed E-state index contributed by atoms with van der Waals surface area (Å²) in [5.41, 5.74) is -0.420. The normalized spacial score (nSPS) is 11.8. The largest absolute Gasteiger partial charge is 0.478 e. The van der Waals surface area contributed by atoms with Crippen LogP contribution in [0.4, 0.5) is 10.1 Å². The Morgan fingerprint density at radius 3 is 2.46 bits per heavy atom. The first-order valence-corrected chi connectivity index (χ1v) is 8.65. The molecule has 0 amide bonds. The van der Waals surface area contributed by atoms with Gasteiger partial charge in [0.1, 0.15) is 10.7 Å². The van der Waals surface area contributed by atoms with Gasteiger partial charge in [0.15, 0.2) is 0 Å². The number of aryl methyl sites for hydroxylation is 1. The predicted octanol–water partition coefficient (Wildman–Crippen LogP) is 2.72. The number of halogens is 1. The second-order valence-electron chi connectivity index (χ2n) is 5.61. The first kappa shape index (κ1) is 17.9. The number of carboxylic acids is 1. The van der Waals surface area contributed by atoms with Gasteiger partial charge >= 0.3 is 5.97 Å². The lowest BCUT2D eigenvalue weighted by Crippen LogP contribution is -2.18. The highest BCUT2D eigenvalue weighted by Crippen LogP contribution is 2.27. The molecule has 2 rings (SSSR count). The number of hydrogen-bond acceptors (Lipinski definition) is 4. The monoisotopic (exact) mass is 355 g/mol. The van der Waals surface area contributed by atoms with Crippen molar-refractivity contribution in [2.45, 2.75) is 38.6 Å². The average Bonchev–Trinajstić information content (AvgIpc) is 2.76. The summed E-state index contributed by atoms with van der Waals surface area (Å²) < 4.78 is 42.9. The van der Waals surface area contributed by atoms with Crippen molar-refractivity contribution in [2.24, 2.45) is 0 Å². The summed E-state index contributed by atoms with van der Waals surface area (Å²) >= 11 is 0. The van der Waals surface area contributed by atoms with Crippen molar-refractivity contribution in [1.29, 1.82) is 0 Å². The van der Waals surface area contributed by atoms with Crippen LogP contribution in [0.15, 0.2) is 23.1 Å². The van der Waals surface area contributed by atoms with E-state index in [1.807, 2.05) is 18.6 Å². The topological polar surface area (TPSA) is 101 Å². The number of rotatable bonds is 5. The van der Waals surface area contributed by atoms with E-state index < -0.39 is 33.1 Å². The lowest BCUT2D eigenvalue weighted by atomic mass is 10.2. The summed E-state index contributed by atoms with van der Waals surface area (Å²) in [6, 6.07) is 3.25. The molecule has 0 fully saturated rings. The number of para-hydroxylation sites is 1. The first-order valence-electron chi connectivity index (χ1n) is 7.16. The van der Waals surface area contributed by atoms with Gasteiger partial charge < -0.3 is 5.11 Å². The predicted molar refractivity (Wildman–Crippen MR) is 86.3 cm³/mol. The first-order chi connectivity index (χ1) is 11.1. The zero-order valence-corrected chi connectivity index (χ0v) is 14.5. The third-order valence-electron chi connectivity index (χ3n) is 3.50. The molecule has 0 aliphatic heterocycles. The van der Waals surface area contributed by atoms with Crippen LogP contribution in [0.1, 0.15) is 41.6 Å². The van der Waals surface area contributed by atoms with E-state index in [0.717, 1.165) is 12.1 Å². The molecule has 0 saturated carbocycles. The van der Waals surface area contributed by atoms with Gasteiger partial charge in [-0.05, 0) is 39.8 Å². The van der Waals surface area contributed by atoms with Gasteiger partial charge in [0, 0.05) is 6.04 Å². The van der Waals surface area contributed by atoms with E-state index in [2.05, 4.69) is 5.10 Å². The Labute approximate surface area is 139 Å². The maximum Gasteiger partial charge on any atom is 0.337 e. The molecule has 2 N–H and O–H groups in total. The van der Waals surface area contributed by atoms with Gasteiger partial charge in [-0.1, -0.05) is 6.07 Å². The number of anilines is 1. The van der Waals surface area contributed by atoms with E-state index in [1.54, 1.807) is 11.6 Å². The minimum Gasteiger partial charge on any atom is -0.478 e. The van der Waals surface area contributed by atoms with E-state index in [0.29, 0.717) is 5.69 Å². The van der Waals surface area contributed by atoms with Gasteiger partial charge in [0.2, 0.25) is 0 Å². The van der Waals surface area contributed by atoms with Gasteiger partial charge in [-0.15, -0.1) is 0 Å². The third kappa shape index (κ3) is 3.12. The maximum absolute atomic E-state index is 14.0. The van der Waals surface area contributed by atoms with Crippen LogP contribution in [0.3, 0.4) is 0 Å². The summed E-state index contributed by atoms with van der Waals surface area (Å²) in [5, 5.41) is 13.3. The molecule has 2 aromatic rings. The minimum absolute atomic E-state index is 0.0595. The van der Waals surface area contributed by atoms with Crippen molar-refractivity contribution in [3.05, 3.63) is 41.0 Å². The molecule has 1 heterocycles. The molecule has 0 aliphatic carbocycles. The van der Waals surface area contributed by atoms with Crippen molar-refractivity contribution < 1.29 is 22.7 Å². The van der Waals surface area contributed by atoms with Crippen LogP contribution in [0.5, 0.6) is 0 Å². The summed E-state index contributed by atoms with van der Waals surface area (Å²) in [4.78, 5) is 11.1. The van der Waals surface area contributed by atoms with Crippen molar-refractivity contribution in [3.8, 4) is 0 Å². The number of nitrogens with zero attached hydrogens (tertiary/aromatic N) is 2. The van der Waals surface area contributed by atoms with E-state index in [1.165, 1.54) is 13.0 Å². The molecule has 0 spiro atoms. The van der Waals surface area contributed by atoms with Crippen LogP contribution in [0.25, 0.3) is 0 Å². The van der Waals surface area contributed by atoms with Crippen LogP contribution in [-0.2, 0) is 10.0 Å². The molecule has 0 radical (unpaired) electrons. The van der Waals surface area contributed by atoms with E-state index in [-0.39, 0.29) is 16.6 Å². The number of benzene rings is 1. The number of nitrogens with one attached hydrogen (secondary N) is 1. The number of carboxylic acid groups (broad SMARTS) is 1. The van der Waals surface area contributed by atoms with Gasteiger partial charge in [-0.2, -0.15) is 5.10 Å². The molecule has 1 aromatic heterocycles. The Hall–Kier alpha value is -2.42. The molecule has 7 nitrogen and oxygen atoms in total. The molecule has 0 atom stereocenters. The lowest BCUT2D eigenvalue weighted by molar-refractivity contribution is 0.0697. The molecule has 0 bridgehead atoms. The van der Waals surface area contributed by atoms with Crippen molar-refractivity contribution in [3.63, 3.8) is 0 Å². The Bertz CT molecular complexity index is 904. The molecule has 0 unspecified atom stereocenters. The minimum atomic E-state index is -4.20. The number of carbonyl (C=O) groups is 1. The fourth-order valence-corrected chi connectivity index (χ4v) is 4.02. The zero-order valence-electron chi connectivity index (χ0n) is 13.7. The molecule has 130 valence electrons. The zero-order chi connectivity index (χ0) is 18.2. The number of aromatic nitrogens is 2. The van der Waals surface area contributed by atoms with Crippen LogP contribution in [0, 0.1) is 19.7 Å². The highest BCUT2D eigenvalue weighted by molar-refractivity contribution is 7.92. The van der Waals surface area contributed by atoms with Crippen molar-refractivity contribution >= 4 is 21.7 Å². The highest BCUT2D eigenvalue weighted by Gasteiger charge is 2.28. The second kappa shape index (κ2) is 6.23. The van der Waals surface area contributed by atoms with Crippen molar-refractivity contribution in [2.75, 3.05) is 4.72 Å². The Balaban J connectivity index is 2.58. The SMILES string of the molecule is Cc1nn(C(C)C)c(C)c1S(=O)(=O)Nc1c(F)cccc1C(=O)O. The standard InChI is InChI=1S/C15H18FN3O4S/c1-8(2)19-10(4)14(9(3)17-19)24(22,23)18-13-11(15(20)21)6-5-7-12(13)16/h5-8,18H,1-4H3,(H,20,21). The molecular formula is C15H18FN3O4S. The lowest BCUT2D eigenvalue weighted by Gasteiger charge is -2.12. The van der Waals surface area contributed by atoms with Crippen LogP contribution < -0.4 is 4.72 Å². The summed E-state index contributed by atoms with van der Waals surface area (Å²) in [6.07, 6.45) is 0. The molecule has 24 heavy (non-hydrogen) atoms.